The van der Waals surface area contributed by atoms with Crippen LogP contribution < -0.4 is 5.32 Å². The number of alkyl halides is 3. The number of H-pyrrole nitrogens is 1. The third-order valence-corrected chi connectivity index (χ3v) is 4.79. The maximum absolute atomic E-state index is 13.5. The number of aliphatic carboxylic acids is 1. The molecule has 2 unspecified atom stereocenters. The van der Waals surface area contributed by atoms with Gasteiger partial charge in [-0.1, -0.05) is 36.4 Å². The van der Waals surface area contributed by atoms with E-state index in [2.05, 4.69) is 10.3 Å². The Kier molecular flexibility index (Phi) is 3.77. The summed E-state index contributed by atoms with van der Waals surface area (Å²) in [6.07, 6.45) is -4.32. The van der Waals surface area contributed by atoms with E-state index in [1.165, 1.54) is 18.2 Å². The number of hydrogen-bond acceptors (Lipinski definition) is 2. The molecule has 1 aliphatic heterocycles. The highest BCUT2D eigenvalue weighted by Gasteiger charge is 2.39. The molecule has 2 atom stereocenters. The van der Waals surface area contributed by atoms with Gasteiger partial charge < -0.3 is 10.1 Å². The molecule has 0 saturated heterocycles. The number of rotatable bonds is 2. The summed E-state index contributed by atoms with van der Waals surface area (Å²) in [7, 11) is 0. The number of aromatic amines is 1. The number of hydrogen-bond donors (Lipinski definition) is 3. The minimum Gasteiger partial charge on any atom is -0.480 e. The van der Waals surface area contributed by atoms with Gasteiger partial charge in [-0.15, -0.1) is 0 Å². The van der Waals surface area contributed by atoms with Gasteiger partial charge in [0.05, 0.1) is 11.6 Å². The molecule has 1 aromatic heterocycles. The zero-order chi connectivity index (χ0) is 18.5. The number of aromatic nitrogens is 1. The number of carbonyl (C=O) groups is 1. The summed E-state index contributed by atoms with van der Waals surface area (Å²) < 4.78 is 40.5. The molecule has 2 aromatic carbocycles. The highest BCUT2D eigenvalue weighted by molar-refractivity contribution is 5.87. The normalized spacial score (nSPS) is 20.1. The van der Waals surface area contributed by atoms with Crippen LogP contribution in [0.3, 0.4) is 0 Å². The van der Waals surface area contributed by atoms with Crippen LogP contribution in [0.2, 0.25) is 0 Å². The van der Waals surface area contributed by atoms with E-state index in [0.717, 1.165) is 22.5 Å². The molecule has 0 radical (unpaired) electrons. The van der Waals surface area contributed by atoms with Gasteiger partial charge in [-0.05, 0) is 23.3 Å². The third kappa shape index (κ3) is 2.64. The molecule has 4 nitrogen and oxygen atoms in total. The van der Waals surface area contributed by atoms with Crippen molar-refractivity contribution in [3.8, 4) is 0 Å². The molecule has 3 aromatic rings. The largest absolute Gasteiger partial charge is 0.480 e. The van der Waals surface area contributed by atoms with Crippen LogP contribution in [0.15, 0.2) is 48.5 Å². The van der Waals surface area contributed by atoms with Crippen LogP contribution in [0.25, 0.3) is 10.9 Å². The molecule has 0 aliphatic carbocycles. The molecule has 134 valence electrons. The van der Waals surface area contributed by atoms with E-state index in [4.69, 9.17) is 0 Å². The molecule has 3 N–H and O–H groups in total. The summed E-state index contributed by atoms with van der Waals surface area (Å²) in [5.41, 5.74) is 1.35. The zero-order valence-electron chi connectivity index (χ0n) is 13.5. The summed E-state index contributed by atoms with van der Waals surface area (Å²) in [6, 6.07) is 10.7. The first-order chi connectivity index (χ1) is 12.4. The summed E-state index contributed by atoms with van der Waals surface area (Å²) in [5, 5.41) is 13.2. The lowest BCUT2D eigenvalue weighted by atomic mass is 9.88. The molecule has 0 amide bonds. The maximum atomic E-state index is 13.5. The van der Waals surface area contributed by atoms with Gasteiger partial charge in [0, 0.05) is 23.0 Å². The Bertz CT molecular complexity index is 994. The molecular weight excluding hydrogens is 345 g/mol. The quantitative estimate of drug-likeness (QED) is 0.650. The fourth-order valence-electron chi connectivity index (χ4n) is 3.65. The molecule has 26 heavy (non-hydrogen) atoms. The van der Waals surface area contributed by atoms with E-state index < -0.39 is 29.8 Å². The lowest BCUT2D eigenvalue weighted by molar-refractivity contribution is -0.139. The third-order valence-electron chi connectivity index (χ3n) is 4.79. The van der Waals surface area contributed by atoms with Crippen molar-refractivity contribution in [3.05, 3.63) is 70.9 Å². The SMILES string of the molecule is O=C(O)C1Cc2c([nH]c3ccccc23)C(c2ccccc2C(F)(F)F)N1. The monoisotopic (exact) mass is 360 g/mol. The summed E-state index contributed by atoms with van der Waals surface area (Å²) >= 11 is 0. The molecular formula is C19H15F3N2O2. The van der Waals surface area contributed by atoms with Gasteiger partial charge in [0.25, 0.3) is 0 Å². The number of para-hydroxylation sites is 1. The number of benzene rings is 2. The van der Waals surface area contributed by atoms with Gasteiger partial charge in [0.15, 0.2) is 0 Å². The zero-order valence-corrected chi connectivity index (χ0v) is 13.5. The Morgan fingerprint density at radius 3 is 2.50 bits per heavy atom. The second-order valence-electron chi connectivity index (χ2n) is 6.34. The van der Waals surface area contributed by atoms with Crippen LogP contribution in [0, 0.1) is 0 Å². The predicted molar refractivity (Wildman–Crippen MR) is 89.8 cm³/mol. The summed E-state index contributed by atoms with van der Waals surface area (Å²) in [5.74, 6) is -1.09. The van der Waals surface area contributed by atoms with Crippen LogP contribution >= 0.6 is 0 Å². The summed E-state index contributed by atoms with van der Waals surface area (Å²) in [6.45, 7) is 0. The molecule has 0 spiro atoms. The molecule has 0 saturated carbocycles. The van der Waals surface area contributed by atoms with Crippen molar-refractivity contribution in [1.29, 1.82) is 0 Å². The fraction of sp³-hybridized carbons (Fsp3) is 0.211. The predicted octanol–water partition coefficient (Wildman–Crippen LogP) is 3.88. The standard InChI is InChI=1S/C19H15F3N2O2/c20-19(21,22)13-7-3-1-6-11(13)16-17-12(9-15(24-16)18(25)26)10-5-2-4-8-14(10)23-17/h1-8,15-16,23-24H,9H2,(H,25,26). The minimum atomic E-state index is -4.53. The Morgan fingerprint density at radius 2 is 1.77 bits per heavy atom. The lowest BCUT2D eigenvalue weighted by Crippen LogP contribution is -2.45. The first-order valence-corrected chi connectivity index (χ1v) is 8.10. The Hall–Kier alpha value is -2.80. The molecule has 1 aliphatic rings. The van der Waals surface area contributed by atoms with Gasteiger partial charge in [-0.3, -0.25) is 10.1 Å². The Balaban J connectivity index is 1.94. The topological polar surface area (TPSA) is 65.1 Å². The lowest BCUT2D eigenvalue weighted by Gasteiger charge is -2.31. The van der Waals surface area contributed by atoms with Crippen molar-refractivity contribution >= 4 is 16.9 Å². The van der Waals surface area contributed by atoms with Crippen molar-refractivity contribution in [2.45, 2.75) is 24.7 Å². The van der Waals surface area contributed by atoms with Crippen LogP contribution in [0.4, 0.5) is 13.2 Å². The number of fused-ring (bicyclic) bond motifs is 3. The molecule has 2 heterocycles. The maximum Gasteiger partial charge on any atom is 0.416 e. The van der Waals surface area contributed by atoms with Crippen molar-refractivity contribution in [3.63, 3.8) is 0 Å². The van der Waals surface area contributed by atoms with Crippen molar-refractivity contribution in [2.24, 2.45) is 0 Å². The van der Waals surface area contributed by atoms with Crippen molar-refractivity contribution in [2.75, 3.05) is 0 Å². The van der Waals surface area contributed by atoms with Crippen LogP contribution in [0.5, 0.6) is 0 Å². The highest BCUT2D eigenvalue weighted by Crippen LogP contribution is 2.40. The van der Waals surface area contributed by atoms with Gasteiger partial charge in [0.1, 0.15) is 6.04 Å². The van der Waals surface area contributed by atoms with E-state index in [1.807, 2.05) is 24.3 Å². The van der Waals surface area contributed by atoms with Gasteiger partial charge in [-0.2, -0.15) is 13.2 Å². The molecule has 0 bridgehead atoms. The van der Waals surface area contributed by atoms with Crippen molar-refractivity contribution < 1.29 is 23.1 Å². The Labute approximate surface area is 146 Å². The van der Waals surface area contributed by atoms with E-state index in [9.17, 15) is 23.1 Å². The number of carboxylic acid groups (broad SMARTS) is 1. The first kappa shape index (κ1) is 16.7. The Morgan fingerprint density at radius 1 is 1.08 bits per heavy atom. The van der Waals surface area contributed by atoms with Gasteiger partial charge >= 0.3 is 12.1 Å². The number of carboxylic acids is 1. The molecule has 4 rings (SSSR count). The second-order valence-corrected chi connectivity index (χ2v) is 6.34. The number of halogens is 3. The summed E-state index contributed by atoms with van der Waals surface area (Å²) in [4.78, 5) is 14.8. The van der Waals surface area contributed by atoms with Crippen LogP contribution in [-0.4, -0.2) is 22.1 Å². The van der Waals surface area contributed by atoms with Crippen LogP contribution in [0.1, 0.15) is 28.4 Å². The van der Waals surface area contributed by atoms with Gasteiger partial charge in [0.2, 0.25) is 0 Å². The van der Waals surface area contributed by atoms with E-state index in [-0.39, 0.29) is 12.0 Å². The average Bonchev–Trinajstić information content (AvgIpc) is 2.99. The smallest absolute Gasteiger partial charge is 0.416 e. The van der Waals surface area contributed by atoms with E-state index in [1.54, 1.807) is 0 Å². The minimum absolute atomic E-state index is 0.0127. The molecule has 7 heteroatoms. The van der Waals surface area contributed by atoms with Crippen LogP contribution in [-0.2, 0) is 17.4 Å². The fourth-order valence-corrected chi connectivity index (χ4v) is 3.65. The molecule has 0 fully saturated rings. The van der Waals surface area contributed by atoms with E-state index in [0.29, 0.717) is 5.69 Å². The second kappa shape index (κ2) is 5.88. The highest BCUT2D eigenvalue weighted by atomic mass is 19.4. The average molecular weight is 360 g/mol. The first-order valence-electron chi connectivity index (χ1n) is 8.10. The number of nitrogens with one attached hydrogen (secondary N) is 2. The van der Waals surface area contributed by atoms with Gasteiger partial charge in [-0.25, -0.2) is 0 Å². The van der Waals surface area contributed by atoms with E-state index >= 15 is 0 Å². The van der Waals surface area contributed by atoms with Crippen molar-refractivity contribution in [1.82, 2.24) is 10.3 Å².